The van der Waals surface area contributed by atoms with Crippen molar-refractivity contribution >= 4 is 16.7 Å². The van der Waals surface area contributed by atoms with Crippen molar-refractivity contribution in [2.24, 2.45) is 0 Å². The molecule has 0 saturated carbocycles. The molecule has 0 atom stereocenters. The van der Waals surface area contributed by atoms with Gasteiger partial charge in [-0.25, -0.2) is 4.98 Å². The smallest absolute Gasteiger partial charge is 0.236 e. The van der Waals surface area contributed by atoms with E-state index < -0.39 is 0 Å². The minimum atomic E-state index is 0.555. The fourth-order valence-electron chi connectivity index (χ4n) is 3.96. The number of fused-ring (bicyclic) bond motifs is 2. The number of para-hydroxylation sites is 1. The first-order chi connectivity index (χ1) is 14.3. The number of nitrogens with one attached hydrogen (secondary N) is 1. The number of aryl methyl sites for hydroxylation is 1. The number of hydrogen-bond donors (Lipinski definition) is 1. The van der Waals surface area contributed by atoms with Gasteiger partial charge >= 0.3 is 0 Å². The van der Waals surface area contributed by atoms with E-state index in [1.165, 1.54) is 16.6 Å². The Bertz CT molecular complexity index is 1150. The highest BCUT2D eigenvalue weighted by Gasteiger charge is 2.20. The van der Waals surface area contributed by atoms with Crippen LogP contribution in [0.2, 0.25) is 0 Å². The number of rotatable bonds is 5. The van der Waals surface area contributed by atoms with Gasteiger partial charge in [-0.05, 0) is 24.1 Å². The lowest BCUT2D eigenvalue weighted by Gasteiger charge is -2.21. The molecule has 1 aliphatic heterocycles. The lowest BCUT2D eigenvalue weighted by molar-refractivity contribution is 0.109. The van der Waals surface area contributed by atoms with Crippen molar-refractivity contribution < 1.29 is 4.74 Å². The normalized spacial score (nSPS) is 13.4. The van der Waals surface area contributed by atoms with E-state index in [9.17, 15) is 0 Å². The maximum absolute atomic E-state index is 5.71. The van der Waals surface area contributed by atoms with Crippen LogP contribution in [0.4, 0.5) is 5.82 Å². The fourth-order valence-corrected chi connectivity index (χ4v) is 3.96. The number of nitrogens with zero attached hydrogens (tertiary/aromatic N) is 3. The van der Waals surface area contributed by atoms with Gasteiger partial charge in [0, 0.05) is 29.6 Å². The molecule has 0 aliphatic carbocycles. The molecule has 5 nitrogen and oxygen atoms in total. The summed E-state index contributed by atoms with van der Waals surface area (Å²) in [5, 5.41) is 4.75. The molecule has 0 unspecified atom stereocenters. The molecule has 0 saturated heterocycles. The van der Waals surface area contributed by atoms with Crippen LogP contribution < -0.4 is 5.32 Å². The number of aromatic nitrogens is 3. The van der Waals surface area contributed by atoms with Gasteiger partial charge in [0.2, 0.25) is 5.95 Å². The average molecular weight is 384 g/mol. The molecule has 1 N–H and O–H groups in total. The van der Waals surface area contributed by atoms with Crippen LogP contribution >= 0.6 is 0 Å². The van der Waals surface area contributed by atoms with Gasteiger partial charge in [0.05, 0.1) is 24.4 Å². The molecule has 3 heterocycles. The standard InChI is InChI=1S/C24H24N4O/c1-2-19-14-18-10-6-7-11-22(18)28(19)24-26-21-12-13-29-16-20(21)23(27-24)25-15-17-8-4-3-5-9-17/h3-11,14H,2,12-13,15-16H2,1H3,(H,25,26,27). The quantitative estimate of drug-likeness (QED) is 0.543. The molecule has 1 aliphatic rings. The van der Waals surface area contributed by atoms with Crippen LogP contribution in [0.5, 0.6) is 0 Å². The van der Waals surface area contributed by atoms with E-state index in [0.717, 1.165) is 47.9 Å². The van der Waals surface area contributed by atoms with Crippen molar-refractivity contribution in [1.29, 1.82) is 0 Å². The Morgan fingerprint density at radius 3 is 2.72 bits per heavy atom. The Labute approximate surface area is 170 Å². The first-order valence-corrected chi connectivity index (χ1v) is 10.2. The molecule has 0 radical (unpaired) electrons. The third-order valence-corrected chi connectivity index (χ3v) is 5.46. The monoisotopic (exact) mass is 384 g/mol. The van der Waals surface area contributed by atoms with E-state index in [1.54, 1.807) is 0 Å². The van der Waals surface area contributed by atoms with Gasteiger partial charge in [-0.2, -0.15) is 4.98 Å². The zero-order valence-corrected chi connectivity index (χ0v) is 16.6. The summed E-state index contributed by atoms with van der Waals surface area (Å²) in [6.07, 6.45) is 1.73. The highest BCUT2D eigenvalue weighted by Crippen LogP contribution is 2.28. The Morgan fingerprint density at radius 2 is 1.86 bits per heavy atom. The molecule has 0 fully saturated rings. The minimum absolute atomic E-state index is 0.555. The highest BCUT2D eigenvalue weighted by molar-refractivity contribution is 5.82. The van der Waals surface area contributed by atoms with Crippen LogP contribution in [-0.4, -0.2) is 21.1 Å². The van der Waals surface area contributed by atoms with Crippen LogP contribution in [-0.2, 0) is 30.7 Å². The molecule has 0 spiro atoms. The summed E-state index contributed by atoms with van der Waals surface area (Å²) >= 11 is 0. The summed E-state index contributed by atoms with van der Waals surface area (Å²) in [5.74, 6) is 1.60. The second kappa shape index (κ2) is 7.68. The van der Waals surface area contributed by atoms with Crippen molar-refractivity contribution in [2.75, 3.05) is 11.9 Å². The van der Waals surface area contributed by atoms with E-state index in [1.807, 2.05) is 6.07 Å². The largest absolute Gasteiger partial charge is 0.376 e. The predicted molar refractivity (Wildman–Crippen MR) is 115 cm³/mol. The number of hydrogen-bond acceptors (Lipinski definition) is 4. The molecule has 29 heavy (non-hydrogen) atoms. The third kappa shape index (κ3) is 3.38. The fraction of sp³-hybridized carbons (Fsp3) is 0.250. The maximum atomic E-state index is 5.71. The first-order valence-electron chi connectivity index (χ1n) is 10.2. The molecule has 2 aromatic carbocycles. The second-order valence-electron chi connectivity index (χ2n) is 7.32. The molecule has 5 rings (SSSR count). The summed E-state index contributed by atoms with van der Waals surface area (Å²) in [6, 6.07) is 21.0. The van der Waals surface area contributed by atoms with E-state index in [0.29, 0.717) is 13.2 Å². The molecule has 0 bridgehead atoms. The average Bonchev–Trinajstić information content (AvgIpc) is 3.16. The van der Waals surface area contributed by atoms with E-state index in [4.69, 9.17) is 14.7 Å². The summed E-state index contributed by atoms with van der Waals surface area (Å²) in [7, 11) is 0. The first kappa shape index (κ1) is 17.9. The van der Waals surface area contributed by atoms with Crippen molar-refractivity contribution in [3.05, 3.63) is 83.2 Å². The summed E-state index contributed by atoms with van der Waals surface area (Å²) < 4.78 is 7.90. The Morgan fingerprint density at radius 1 is 1.03 bits per heavy atom. The van der Waals surface area contributed by atoms with Crippen LogP contribution in [0.25, 0.3) is 16.9 Å². The topological polar surface area (TPSA) is 52.0 Å². The van der Waals surface area contributed by atoms with Gasteiger partial charge in [-0.3, -0.25) is 4.57 Å². The van der Waals surface area contributed by atoms with E-state index in [2.05, 4.69) is 71.4 Å². The summed E-state index contributed by atoms with van der Waals surface area (Å²) in [5.41, 5.74) is 5.73. The molecular formula is C24H24N4O. The number of benzene rings is 2. The maximum Gasteiger partial charge on any atom is 0.236 e. The molecule has 146 valence electrons. The van der Waals surface area contributed by atoms with E-state index >= 15 is 0 Å². The summed E-state index contributed by atoms with van der Waals surface area (Å²) in [6.45, 7) is 4.15. The van der Waals surface area contributed by atoms with Gasteiger partial charge in [0.1, 0.15) is 5.82 Å². The molecule has 4 aromatic rings. The van der Waals surface area contributed by atoms with Gasteiger partial charge in [-0.1, -0.05) is 55.5 Å². The van der Waals surface area contributed by atoms with Gasteiger partial charge in [0.25, 0.3) is 0 Å². The van der Waals surface area contributed by atoms with Crippen molar-refractivity contribution in [3.63, 3.8) is 0 Å². The Balaban J connectivity index is 1.61. The lowest BCUT2D eigenvalue weighted by atomic mass is 10.1. The second-order valence-corrected chi connectivity index (χ2v) is 7.32. The molecule has 2 aromatic heterocycles. The van der Waals surface area contributed by atoms with Gasteiger partial charge < -0.3 is 10.1 Å². The van der Waals surface area contributed by atoms with Crippen LogP contribution in [0, 0.1) is 0 Å². The molecule has 0 amide bonds. The molecule has 5 heteroatoms. The lowest BCUT2D eigenvalue weighted by Crippen LogP contribution is -2.19. The summed E-state index contributed by atoms with van der Waals surface area (Å²) in [4.78, 5) is 9.93. The minimum Gasteiger partial charge on any atom is -0.376 e. The highest BCUT2D eigenvalue weighted by atomic mass is 16.5. The predicted octanol–water partition coefficient (Wildman–Crippen LogP) is 4.67. The van der Waals surface area contributed by atoms with Gasteiger partial charge in [0.15, 0.2) is 0 Å². The van der Waals surface area contributed by atoms with Crippen molar-refractivity contribution in [1.82, 2.24) is 14.5 Å². The van der Waals surface area contributed by atoms with Crippen molar-refractivity contribution in [2.45, 2.75) is 32.9 Å². The van der Waals surface area contributed by atoms with Gasteiger partial charge in [-0.15, -0.1) is 0 Å². The van der Waals surface area contributed by atoms with Crippen LogP contribution in [0.1, 0.15) is 29.4 Å². The number of anilines is 1. The SMILES string of the molecule is CCc1cc2ccccc2n1-c1nc2c(c(NCc3ccccc3)n1)COCC2. The number of ether oxygens (including phenoxy) is 1. The third-order valence-electron chi connectivity index (χ3n) is 5.46. The van der Waals surface area contributed by atoms with Crippen LogP contribution in [0.3, 0.4) is 0 Å². The van der Waals surface area contributed by atoms with Crippen molar-refractivity contribution in [3.8, 4) is 5.95 Å². The Hall–Kier alpha value is -3.18. The zero-order valence-electron chi connectivity index (χ0n) is 16.6. The zero-order chi connectivity index (χ0) is 19.6. The van der Waals surface area contributed by atoms with Crippen LogP contribution in [0.15, 0.2) is 60.7 Å². The Kier molecular flexibility index (Phi) is 4.74. The van der Waals surface area contributed by atoms with E-state index in [-0.39, 0.29) is 0 Å². The molecular weight excluding hydrogens is 360 g/mol.